The zero-order chi connectivity index (χ0) is 44.1. The Bertz CT molecular complexity index is 2570. The van der Waals surface area contributed by atoms with Crippen LogP contribution in [0.25, 0.3) is 11.0 Å². The summed E-state index contributed by atoms with van der Waals surface area (Å²) in [6.45, 7) is 9.34. The number of nitrogens with zero attached hydrogens (tertiary/aromatic N) is 7. The number of aromatic nitrogens is 4. The molecule has 0 aliphatic carbocycles. The van der Waals surface area contributed by atoms with E-state index in [2.05, 4.69) is 103 Å². The van der Waals surface area contributed by atoms with Crippen molar-refractivity contribution in [3.63, 3.8) is 0 Å². The summed E-state index contributed by atoms with van der Waals surface area (Å²) in [6, 6.07) is 16.2. The van der Waals surface area contributed by atoms with Crippen molar-refractivity contribution in [3.8, 4) is 5.75 Å². The summed E-state index contributed by atoms with van der Waals surface area (Å²) in [5, 5.41) is 12.3. The first-order valence-corrected chi connectivity index (χ1v) is 24.0. The van der Waals surface area contributed by atoms with Crippen molar-refractivity contribution in [2.45, 2.75) is 57.5 Å². The molecule has 5 heterocycles. The molecule has 0 bridgehead atoms. The van der Waals surface area contributed by atoms with E-state index in [4.69, 9.17) is 9.72 Å². The summed E-state index contributed by atoms with van der Waals surface area (Å²) in [5.74, 6) is 0.942. The summed E-state index contributed by atoms with van der Waals surface area (Å²) in [7, 11) is -1.98. The Morgan fingerprint density at radius 2 is 1.67 bits per heavy atom. The van der Waals surface area contributed by atoms with Crippen LogP contribution in [0.3, 0.4) is 0 Å². The van der Waals surface area contributed by atoms with Crippen LogP contribution in [0, 0.1) is 0 Å². The first-order chi connectivity index (χ1) is 30.4. The molecule has 3 fully saturated rings. The van der Waals surface area contributed by atoms with E-state index in [1.807, 2.05) is 12.1 Å². The second-order valence-corrected chi connectivity index (χ2v) is 18.8. The number of carbonyl (C=O) groups is 2. The van der Waals surface area contributed by atoms with Gasteiger partial charge in [-0.05, 0) is 89.5 Å². The summed E-state index contributed by atoms with van der Waals surface area (Å²) in [4.78, 5) is 49.3. The van der Waals surface area contributed by atoms with E-state index in [9.17, 15) is 18.0 Å². The van der Waals surface area contributed by atoms with E-state index in [0.717, 1.165) is 89.1 Å². The van der Waals surface area contributed by atoms with Crippen LogP contribution in [0.5, 0.6) is 5.75 Å². The quantitative estimate of drug-likeness (QED) is 0.0806. The summed E-state index contributed by atoms with van der Waals surface area (Å²) >= 11 is 3.54. The van der Waals surface area contributed by atoms with Crippen molar-refractivity contribution in [1.29, 1.82) is 0 Å². The predicted octanol–water partition coefficient (Wildman–Crippen LogP) is 5.66. The maximum Gasteiger partial charge on any atom is 0.249 e. The Kier molecular flexibility index (Phi) is 13.6. The molecule has 2 amide bonds. The molecule has 3 aliphatic rings. The van der Waals surface area contributed by atoms with E-state index in [1.165, 1.54) is 23.0 Å². The second-order valence-electron chi connectivity index (χ2n) is 16.2. The fourth-order valence-electron chi connectivity index (χ4n) is 8.56. The van der Waals surface area contributed by atoms with Crippen LogP contribution in [-0.4, -0.2) is 121 Å². The lowest BCUT2D eigenvalue weighted by Gasteiger charge is -2.43. The molecular formula is C44H53BrN12O5S. The highest BCUT2D eigenvalue weighted by atomic mass is 79.9. The Balaban J connectivity index is 0.850. The number of rotatable bonds is 15. The molecule has 17 nitrogen and oxygen atoms in total. The number of piperidine rings is 2. The number of halogens is 1. The Morgan fingerprint density at radius 1 is 0.905 bits per heavy atom. The van der Waals surface area contributed by atoms with Gasteiger partial charge in [-0.25, -0.2) is 13.4 Å². The van der Waals surface area contributed by atoms with Crippen LogP contribution in [0.2, 0.25) is 0 Å². The number of hydrogen-bond acceptors (Lipinski definition) is 15. The van der Waals surface area contributed by atoms with Gasteiger partial charge in [-0.2, -0.15) is 4.98 Å². The number of methoxy groups -OCH3 is 1. The second kappa shape index (κ2) is 19.4. The number of benzene rings is 3. The molecule has 1 atom stereocenters. The van der Waals surface area contributed by atoms with Crippen LogP contribution in [0.15, 0.2) is 71.6 Å². The van der Waals surface area contributed by atoms with Gasteiger partial charge >= 0.3 is 0 Å². The minimum atomic E-state index is -3.64. The van der Waals surface area contributed by atoms with Crippen LogP contribution >= 0.6 is 15.9 Å². The first-order valence-electron chi connectivity index (χ1n) is 21.3. The van der Waals surface area contributed by atoms with Crippen molar-refractivity contribution in [2.24, 2.45) is 0 Å². The van der Waals surface area contributed by atoms with E-state index in [-0.39, 0.29) is 23.5 Å². The maximum atomic E-state index is 12.3. The zero-order valence-corrected chi connectivity index (χ0v) is 38.1. The minimum Gasteiger partial charge on any atom is -0.494 e. The average molecular weight is 942 g/mol. The number of anilines is 7. The van der Waals surface area contributed by atoms with Crippen molar-refractivity contribution in [1.82, 2.24) is 35.1 Å². The predicted molar refractivity (Wildman–Crippen MR) is 250 cm³/mol. The number of nitrogens with one attached hydrogen (secondary N) is 5. The summed E-state index contributed by atoms with van der Waals surface area (Å²) < 4.78 is 33.8. The number of ether oxygens (including phenoxy) is 1. The summed E-state index contributed by atoms with van der Waals surface area (Å²) in [6.07, 6.45) is 10.6. The van der Waals surface area contributed by atoms with E-state index in [1.54, 1.807) is 31.6 Å². The van der Waals surface area contributed by atoms with Gasteiger partial charge in [0.05, 0.1) is 40.4 Å². The fraction of sp³-hybridized carbons (Fsp3) is 0.409. The molecule has 3 aromatic carbocycles. The van der Waals surface area contributed by atoms with Gasteiger partial charge in [0.25, 0.3) is 0 Å². The highest BCUT2D eigenvalue weighted by molar-refractivity contribution is 9.10. The highest BCUT2D eigenvalue weighted by Crippen LogP contribution is 2.38. The first kappa shape index (κ1) is 44.0. The maximum absolute atomic E-state index is 12.3. The molecule has 0 saturated carbocycles. The number of carbonyl (C=O) groups excluding carboxylic acids is 2. The molecule has 2 aromatic heterocycles. The summed E-state index contributed by atoms with van der Waals surface area (Å²) in [5.41, 5.74) is 6.89. The fourth-order valence-corrected chi connectivity index (χ4v) is 9.43. The highest BCUT2D eigenvalue weighted by Gasteiger charge is 2.29. The van der Waals surface area contributed by atoms with E-state index >= 15 is 0 Å². The molecule has 0 spiro atoms. The van der Waals surface area contributed by atoms with Crippen LogP contribution < -0.4 is 35.6 Å². The van der Waals surface area contributed by atoms with Gasteiger partial charge in [-0.15, -0.1) is 0 Å². The van der Waals surface area contributed by atoms with Crippen molar-refractivity contribution >= 4 is 89.0 Å². The van der Waals surface area contributed by atoms with E-state index < -0.39 is 10.0 Å². The smallest absolute Gasteiger partial charge is 0.249 e. The van der Waals surface area contributed by atoms with Crippen molar-refractivity contribution < 1.29 is 22.7 Å². The lowest BCUT2D eigenvalue weighted by Crippen LogP contribution is -2.53. The molecule has 8 rings (SSSR count). The topological polar surface area (TPSA) is 199 Å². The number of sulfonamides is 1. The van der Waals surface area contributed by atoms with Crippen LogP contribution in [-0.2, 0) is 32.5 Å². The molecular weight excluding hydrogens is 889 g/mol. The molecule has 5 aromatic rings. The number of aryl methyl sites for hydroxylation is 1. The molecule has 19 heteroatoms. The molecule has 3 saturated heterocycles. The van der Waals surface area contributed by atoms with Crippen molar-refractivity contribution in [2.75, 3.05) is 84.8 Å². The third-order valence-corrected chi connectivity index (χ3v) is 13.1. The third kappa shape index (κ3) is 10.8. The Morgan fingerprint density at radius 3 is 2.38 bits per heavy atom. The van der Waals surface area contributed by atoms with Gasteiger partial charge in [-0.1, -0.05) is 19.1 Å². The molecule has 63 heavy (non-hydrogen) atoms. The molecule has 5 N–H and O–H groups in total. The minimum absolute atomic E-state index is 0.207. The lowest BCUT2D eigenvalue weighted by atomic mass is 9.99. The number of amides is 2. The number of hydrogen-bond donors (Lipinski definition) is 5. The molecule has 3 aliphatic heterocycles. The number of fused-ring (bicyclic) bond motifs is 1. The number of imide groups is 1. The van der Waals surface area contributed by atoms with Gasteiger partial charge in [0.2, 0.25) is 27.8 Å². The van der Waals surface area contributed by atoms with Gasteiger partial charge in [0.15, 0.2) is 0 Å². The normalized spacial score (nSPS) is 18.0. The largest absolute Gasteiger partial charge is 0.494 e. The third-order valence-electron chi connectivity index (χ3n) is 11.9. The SMILES string of the molecule is CCc1cc(Nc2ncc(Br)c(Nc3ccc4nccnc4c3NS(C)(=O)=O)n2)c(OC)cc1N1CCC(N2CCN(CCc3ccc(NC4CCC(=O)NC4=O)cc3)CC2)CC1. The van der Waals surface area contributed by atoms with Gasteiger partial charge in [0, 0.05) is 94.3 Å². The Labute approximate surface area is 376 Å². The average Bonchev–Trinajstić information content (AvgIpc) is 3.28. The lowest BCUT2D eigenvalue weighted by molar-refractivity contribution is -0.133. The van der Waals surface area contributed by atoms with Gasteiger partial charge in [0.1, 0.15) is 23.1 Å². The van der Waals surface area contributed by atoms with Gasteiger partial charge in [-0.3, -0.25) is 34.5 Å². The number of piperazine rings is 1. The molecule has 0 radical (unpaired) electrons. The van der Waals surface area contributed by atoms with Crippen LogP contribution in [0.1, 0.15) is 43.7 Å². The molecule has 1 unspecified atom stereocenters. The standard InChI is InChI=1S/C44H53BrN12O5S/c1-4-29-25-36(51-44-48-27-32(45)42(53-44)50-34-10-9-33-40(47-17-16-46-33)41(34)54-63(3,60)61)38(62-2)26-37(29)57-19-14-31(15-20-57)56-23-21-55(22-24-56)18-13-28-5-7-30(8-6-28)49-35-11-12-39(58)52-43(35)59/h5-10,16-17,25-27,31,35,49,54H,4,11-15,18-24H2,1-3H3,(H,52,58,59)(H2,48,50,51,53). The molecule has 332 valence electrons. The Hall–Kier alpha value is -5.63. The van der Waals surface area contributed by atoms with E-state index in [0.29, 0.717) is 57.6 Å². The zero-order valence-electron chi connectivity index (χ0n) is 35.7. The monoisotopic (exact) mass is 940 g/mol. The van der Waals surface area contributed by atoms with Crippen LogP contribution in [0.4, 0.5) is 40.2 Å². The van der Waals surface area contributed by atoms with Crippen molar-refractivity contribution in [3.05, 3.63) is 82.7 Å². The van der Waals surface area contributed by atoms with Gasteiger partial charge < -0.3 is 30.5 Å².